The molecule has 4 heteroatoms. The van der Waals surface area contributed by atoms with Crippen molar-refractivity contribution in [2.24, 2.45) is 9.98 Å². The summed E-state index contributed by atoms with van der Waals surface area (Å²) in [6.45, 7) is 0. The molecule has 2 aromatic heterocycles. The van der Waals surface area contributed by atoms with Crippen LogP contribution in [0.4, 0.5) is 11.4 Å². The summed E-state index contributed by atoms with van der Waals surface area (Å²) in [7, 11) is 0. The van der Waals surface area contributed by atoms with Crippen LogP contribution in [0.2, 0.25) is 0 Å². The van der Waals surface area contributed by atoms with Gasteiger partial charge in [0.25, 0.3) is 0 Å². The fourth-order valence-corrected chi connectivity index (χ4v) is 4.19. The van der Waals surface area contributed by atoms with Gasteiger partial charge in [-0.1, -0.05) is 72.8 Å². The minimum absolute atomic E-state index is 0.623. The SMILES string of the molecule is c1ccc(-c2ccc(C3=Nc4ccccc4N=C(c4ccc(-c5ccccc5)[nH]4)C3)[nH]2)cc1. The fourth-order valence-electron chi connectivity index (χ4n) is 4.19. The summed E-state index contributed by atoms with van der Waals surface area (Å²) in [5.41, 5.74) is 10.2. The molecular formula is C29H22N4. The highest BCUT2D eigenvalue weighted by Crippen LogP contribution is 2.33. The molecule has 0 spiro atoms. The van der Waals surface area contributed by atoms with Crippen molar-refractivity contribution in [2.45, 2.75) is 6.42 Å². The van der Waals surface area contributed by atoms with E-state index in [2.05, 4.69) is 82.8 Å². The van der Waals surface area contributed by atoms with Crippen molar-refractivity contribution >= 4 is 22.8 Å². The molecule has 3 heterocycles. The van der Waals surface area contributed by atoms with E-state index >= 15 is 0 Å². The first-order valence-electron chi connectivity index (χ1n) is 11.1. The number of hydrogen-bond acceptors (Lipinski definition) is 2. The van der Waals surface area contributed by atoms with Crippen LogP contribution in [0.25, 0.3) is 22.5 Å². The third-order valence-electron chi connectivity index (χ3n) is 5.89. The average Bonchev–Trinajstić information content (AvgIpc) is 3.52. The van der Waals surface area contributed by atoms with Gasteiger partial charge >= 0.3 is 0 Å². The highest BCUT2D eigenvalue weighted by Gasteiger charge is 2.19. The van der Waals surface area contributed by atoms with Gasteiger partial charge in [0.05, 0.1) is 34.2 Å². The highest BCUT2D eigenvalue weighted by atomic mass is 14.9. The summed E-state index contributed by atoms with van der Waals surface area (Å²) in [5.74, 6) is 0. The molecule has 1 aliphatic heterocycles. The number of para-hydroxylation sites is 2. The van der Waals surface area contributed by atoms with Crippen LogP contribution in [0.1, 0.15) is 17.8 Å². The third-order valence-corrected chi connectivity index (χ3v) is 5.89. The first kappa shape index (κ1) is 19.3. The van der Waals surface area contributed by atoms with Gasteiger partial charge in [0, 0.05) is 17.8 Å². The molecule has 0 unspecified atom stereocenters. The van der Waals surface area contributed by atoms with E-state index in [9.17, 15) is 0 Å². The summed E-state index contributed by atoms with van der Waals surface area (Å²) in [5, 5.41) is 0. The van der Waals surface area contributed by atoms with Crippen molar-refractivity contribution in [3.8, 4) is 22.5 Å². The Morgan fingerprint density at radius 2 is 0.818 bits per heavy atom. The molecule has 0 atom stereocenters. The molecule has 0 radical (unpaired) electrons. The molecule has 5 aromatic rings. The van der Waals surface area contributed by atoms with Gasteiger partial charge in [-0.05, 0) is 47.5 Å². The zero-order valence-electron chi connectivity index (χ0n) is 18.0. The lowest BCUT2D eigenvalue weighted by Gasteiger charge is -2.06. The maximum atomic E-state index is 5.01. The van der Waals surface area contributed by atoms with Crippen molar-refractivity contribution in [3.05, 3.63) is 121 Å². The Bertz CT molecular complexity index is 1360. The highest BCUT2D eigenvalue weighted by molar-refractivity contribution is 6.19. The molecular weight excluding hydrogens is 404 g/mol. The molecule has 6 rings (SSSR count). The van der Waals surface area contributed by atoms with Crippen molar-refractivity contribution < 1.29 is 0 Å². The Balaban J connectivity index is 1.40. The Hall–Kier alpha value is -4.44. The number of fused-ring (bicyclic) bond motifs is 1. The molecule has 0 saturated carbocycles. The second-order valence-corrected chi connectivity index (χ2v) is 8.09. The number of aromatic nitrogens is 2. The summed E-state index contributed by atoms with van der Waals surface area (Å²) < 4.78 is 0. The van der Waals surface area contributed by atoms with Crippen LogP contribution < -0.4 is 0 Å². The predicted octanol–water partition coefficient (Wildman–Crippen LogP) is 7.32. The van der Waals surface area contributed by atoms with Crippen molar-refractivity contribution in [3.63, 3.8) is 0 Å². The van der Waals surface area contributed by atoms with Crippen LogP contribution in [-0.4, -0.2) is 21.4 Å². The van der Waals surface area contributed by atoms with E-state index < -0.39 is 0 Å². The van der Waals surface area contributed by atoms with E-state index in [4.69, 9.17) is 9.98 Å². The average molecular weight is 427 g/mol. The first-order chi connectivity index (χ1) is 16.3. The molecule has 1 aliphatic rings. The Labute approximate surface area is 192 Å². The fraction of sp³-hybridized carbons (Fsp3) is 0.0345. The summed E-state index contributed by atoms with van der Waals surface area (Å²) >= 11 is 0. The van der Waals surface area contributed by atoms with Crippen LogP contribution in [0.15, 0.2) is 119 Å². The van der Waals surface area contributed by atoms with E-state index in [0.717, 1.165) is 56.7 Å². The monoisotopic (exact) mass is 426 g/mol. The van der Waals surface area contributed by atoms with Gasteiger partial charge in [-0.15, -0.1) is 0 Å². The zero-order chi connectivity index (χ0) is 22.0. The van der Waals surface area contributed by atoms with Gasteiger partial charge in [0.2, 0.25) is 0 Å². The van der Waals surface area contributed by atoms with Gasteiger partial charge in [-0.3, -0.25) is 0 Å². The molecule has 33 heavy (non-hydrogen) atoms. The normalized spacial score (nSPS) is 13.1. The van der Waals surface area contributed by atoms with E-state index in [1.165, 1.54) is 0 Å². The smallest absolute Gasteiger partial charge is 0.0890 e. The number of hydrogen-bond donors (Lipinski definition) is 2. The predicted molar refractivity (Wildman–Crippen MR) is 136 cm³/mol. The van der Waals surface area contributed by atoms with E-state index in [0.29, 0.717) is 6.42 Å². The number of aromatic amines is 2. The van der Waals surface area contributed by atoms with Gasteiger partial charge in [-0.25, -0.2) is 9.98 Å². The number of aliphatic imine (C=N–C) groups is 2. The van der Waals surface area contributed by atoms with Crippen LogP contribution in [-0.2, 0) is 0 Å². The lowest BCUT2D eigenvalue weighted by molar-refractivity contribution is 1.30. The number of rotatable bonds is 4. The Morgan fingerprint density at radius 3 is 1.27 bits per heavy atom. The molecule has 0 fully saturated rings. The standard InChI is InChI=1S/C29H22N4/c1-3-9-20(10-4-1)22-15-17-26(30-22)28-19-29(33-25-14-8-7-13-24(25)32-28)27-18-16-23(31-27)21-11-5-2-6-12-21/h1-18,30-31H,19H2. The molecule has 158 valence electrons. The maximum absolute atomic E-state index is 5.01. The largest absolute Gasteiger partial charge is 0.354 e. The maximum Gasteiger partial charge on any atom is 0.0890 e. The second kappa shape index (κ2) is 8.24. The van der Waals surface area contributed by atoms with Crippen molar-refractivity contribution in [1.82, 2.24) is 9.97 Å². The summed E-state index contributed by atoms with van der Waals surface area (Å²) in [6.07, 6.45) is 0.623. The van der Waals surface area contributed by atoms with E-state index in [1.54, 1.807) is 0 Å². The van der Waals surface area contributed by atoms with Gasteiger partial charge in [0.1, 0.15) is 0 Å². The lowest BCUT2D eigenvalue weighted by atomic mass is 10.1. The van der Waals surface area contributed by atoms with Crippen LogP contribution in [0.5, 0.6) is 0 Å². The Morgan fingerprint density at radius 1 is 0.424 bits per heavy atom. The molecule has 4 nitrogen and oxygen atoms in total. The molecule has 0 aliphatic carbocycles. The summed E-state index contributed by atoms with van der Waals surface area (Å²) in [6, 6.07) is 37.2. The molecule has 0 saturated heterocycles. The van der Waals surface area contributed by atoms with E-state index in [-0.39, 0.29) is 0 Å². The number of H-pyrrole nitrogens is 2. The number of nitrogens with zero attached hydrogens (tertiary/aromatic N) is 2. The minimum Gasteiger partial charge on any atom is -0.354 e. The molecule has 2 N–H and O–H groups in total. The van der Waals surface area contributed by atoms with E-state index in [1.807, 2.05) is 36.4 Å². The van der Waals surface area contributed by atoms with Crippen LogP contribution in [0.3, 0.4) is 0 Å². The molecule has 0 bridgehead atoms. The number of benzene rings is 3. The first-order valence-corrected chi connectivity index (χ1v) is 11.1. The zero-order valence-corrected chi connectivity index (χ0v) is 18.0. The van der Waals surface area contributed by atoms with Gasteiger partial charge in [-0.2, -0.15) is 0 Å². The molecule has 0 amide bonds. The lowest BCUT2D eigenvalue weighted by Crippen LogP contribution is -2.10. The topological polar surface area (TPSA) is 56.3 Å². The van der Waals surface area contributed by atoms with Gasteiger partial charge < -0.3 is 9.97 Å². The number of nitrogens with one attached hydrogen (secondary N) is 2. The molecule has 3 aromatic carbocycles. The second-order valence-electron chi connectivity index (χ2n) is 8.09. The quantitative estimate of drug-likeness (QED) is 0.302. The van der Waals surface area contributed by atoms with Crippen molar-refractivity contribution in [2.75, 3.05) is 0 Å². The van der Waals surface area contributed by atoms with Crippen LogP contribution >= 0.6 is 0 Å². The van der Waals surface area contributed by atoms with Gasteiger partial charge in [0.15, 0.2) is 0 Å². The minimum atomic E-state index is 0.623. The third kappa shape index (κ3) is 3.83. The Kier molecular flexibility index (Phi) is 4.81. The summed E-state index contributed by atoms with van der Waals surface area (Å²) in [4.78, 5) is 17.2. The van der Waals surface area contributed by atoms with Crippen molar-refractivity contribution in [1.29, 1.82) is 0 Å². The van der Waals surface area contributed by atoms with Crippen LogP contribution in [0, 0.1) is 0 Å².